The summed E-state index contributed by atoms with van der Waals surface area (Å²) in [6.07, 6.45) is 10.3. The lowest BCUT2D eigenvalue weighted by Crippen LogP contribution is -2.06. The summed E-state index contributed by atoms with van der Waals surface area (Å²) in [5, 5.41) is 29.8. The van der Waals surface area contributed by atoms with E-state index in [9.17, 15) is 15.3 Å². The fourth-order valence-electron chi connectivity index (χ4n) is 3.14. The van der Waals surface area contributed by atoms with E-state index in [1.165, 1.54) is 6.42 Å². The zero-order valence-corrected chi connectivity index (χ0v) is 15.5. The lowest BCUT2D eigenvalue weighted by atomic mass is 9.84. The smallest absolute Gasteiger partial charge is 0.123 e. The average molecular weight is 335 g/mol. The maximum Gasteiger partial charge on any atom is 0.123 e. The fourth-order valence-corrected chi connectivity index (χ4v) is 3.14. The molecule has 0 fully saturated rings. The van der Waals surface area contributed by atoms with Gasteiger partial charge in [-0.05, 0) is 55.4 Å². The van der Waals surface area contributed by atoms with Crippen LogP contribution >= 0.6 is 0 Å². The third-order valence-corrected chi connectivity index (χ3v) is 4.29. The molecule has 136 valence electrons. The molecule has 0 aliphatic heterocycles. The maximum absolute atomic E-state index is 10.3. The Labute approximate surface area is 147 Å². The highest BCUT2D eigenvalue weighted by molar-refractivity contribution is 5.50. The van der Waals surface area contributed by atoms with E-state index in [2.05, 4.69) is 20.8 Å². The molecule has 1 unspecified atom stereocenters. The number of aromatic hydroxyl groups is 2. The minimum atomic E-state index is 0.00518. The van der Waals surface area contributed by atoms with Crippen molar-refractivity contribution >= 4 is 0 Å². The van der Waals surface area contributed by atoms with Gasteiger partial charge in [-0.15, -0.1) is 0 Å². The van der Waals surface area contributed by atoms with Crippen molar-refractivity contribution in [1.82, 2.24) is 0 Å². The van der Waals surface area contributed by atoms with Crippen LogP contribution < -0.4 is 0 Å². The number of aliphatic hydroxyl groups excluding tert-OH is 1. The largest absolute Gasteiger partial charge is 0.507 e. The number of phenolic OH excluding ortho intramolecular Hbond substituents is 2. The third kappa shape index (κ3) is 6.20. The number of hydrogen-bond donors (Lipinski definition) is 3. The van der Waals surface area contributed by atoms with Gasteiger partial charge in [0.1, 0.15) is 11.5 Å². The zero-order valence-electron chi connectivity index (χ0n) is 15.5. The second kappa shape index (κ2) is 11.1. The minimum Gasteiger partial charge on any atom is -0.507 e. The van der Waals surface area contributed by atoms with E-state index in [4.69, 9.17) is 0 Å². The van der Waals surface area contributed by atoms with Crippen molar-refractivity contribution in [3.8, 4) is 11.5 Å². The Morgan fingerprint density at radius 1 is 1.04 bits per heavy atom. The van der Waals surface area contributed by atoms with Crippen LogP contribution in [0.15, 0.2) is 23.8 Å². The summed E-state index contributed by atoms with van der Waals surface area (Å²) in [6.45, 7) is 6.47. The van der Waals surface area contributed by atoms with Crippen LogP contribution in [0.5, 0.6) is 11.5 Å². The third-order valence-electron chi connectivity index (χ3n) is 4.29. The molecule has 1 atom stereocenters. The number of aryl methyl sites for hydroxylation is 1. The van der Waals surface area contributed by atoms with Gasteiger partial charge in [-0.3, -0.25) is 0 Å². The van der Waals surface area contributed by atoms with Gasteiger partial charge in [-0.2, -0.15) is 0 Å². The van der Waals surface area contributed by atoms with Crippen LogP contribution in [0.25, 0.3) is 0 Å². The van der Waals surface area contributed by atoms with Gasteiger partial charge in [-0.25, -0.2) is 0 Å². The van der Waals surface area contributed by atoms with Crippen molar-refractivity contribution in [2.24, 2.45) is 0 Å². The SMILES string of the molecule is CCC.CCCCCc1cc(O)c(C2C=C(CO)CCC2)c(O)c1. The first-order valence-electron chi connectivity index (χ1n) is 9.42. The predicted octanol–water partition coefficient (Wildman–Crippen LogP) is 5.43. The molecule has 0 spiro atoms. The number of aliphatic hydroxyl groups is 1. The molecule has 3 nitrogen and oxygen atoms in total. The van der Waals surface area contributed by atoms with Crippen molar-refractivity contribution in [2.75, 3.05) is 6.61 Å². The fraction of sp³-hybridized carbons (Fsp3) is 0.619. The second-order valence-corrected chi connectivity index (χ2v) is 6.69. The van der Waals surface area contributed by atoms with Gasteiger partial charge in [0.15, 0.2) is 0 Å². The molecule has 0 amide bonds. The average Bonchev–Trinajstić information content (AvgIpc) is 2.55. The molecule has 1 aliphatic rings. The number of rotatable bonds is 6. The molecule has 0 bridgehead atoms. The van der Waals surface area contributed by atoms with Crippen LogP contribution in [0.1, 0.15) is 82.8 Å². The molecular weight excluding hydrogens is 300 g/mol. The Balaban J connectivity index is 0.000000891. The Morgan fingerprint density at radius 2 is 1.67 bits per heavy atom. The normalized spacial score (nSPS) is 17.0. The quantitative estimate of drug-likeness (QED) is 0.480. The van der Waals surface area contributed by atoms with Gasteiger partial charge in [0, 0.05) is 11.5 Å². The molecule has 24 heavy (non-hydrogen) atoms. The molecule has 0 heterocycles. The van der Waals surface area contributed by atoms with E-state index < -0.39 is 0 Å². The summed E-state index contributed by atoms with van der Waals surface area (Å²) >= 11 is 0. The summed E-state index contributed by atoms with van der Waals surface area (Å²) in [7, 11) is 0. The highest BCUT2D eigenvalue weighted by atomic mass is 16.3. The first kappa shape index (κ1) is 20.6. The van der Waals surface area contributed by atoms with Crippen LogP contribution in [0.3, 0.4) is 0 Å². The second-order valence-electron chi connectivity index (χ2n) is 6.69. The van der Waals surface area contributed by atoms with E-state index in [-0.39, 0.29) is 24.0 Å². The van der Waals surface area contributed by atoms with Crippen LogP contribution in [-0.2, 0) is 6.42 Å². The molecular formula is C21H34O3. The van der Waals surface area contributed by atoms with Gasteiger partial charge in [0.05, 0.1) is 6.61 Å². The zero-order chi connectivity index (χ0) is 17.9. The van der Waals surface area contributed by atoms with Gasteiger partial charge in [-0.1, -0.05) is 46.1 Å². The number of benzene rings is 1. The number of hydrogen-bond acceptors (Lipinski definition) is 3. The van der Waals surface area contributed by atoms with Crippen molar-refractivity contribution in [3.05, 3.63) is 34.9 Å². The summed E-state index contributed by atoms with van der Waals surface area (Å²) < 4.78 is 0. The Hall–Kier alpha value is -1.48. The number of allylic oxidation sites excluding steroid dienone is 1. The Bertz CT molecular complexity index is 497. The highest BCUT2D eigenvalue weighted by Crippen LogP contribution is 2.41. The van der Waals surface area contributed by atoms with Gasteiger partial charge in [0.2, 0.25) is 0 Å². The highest BCUT2D eigenvalue weighted by Gasteiger charge is 2.21. The maximum atomic E-state index is 10.3. The van der Waals surface area contributed by atoms with Crippen LogP contribution in [0.2, 0.25) is 0 Å². The molecule has 0 radical (unpaired) electrons. The molecule has 3 heteroatoms. The van der Waals surface area contributed by atoms with Crippen molar-refractivity contribution < 1.29 is 15.3 Å². The molecule has 3 N–H and O–H groups in total. The Kier molecular flexibility index (Phi) is 9.55. The van der Waals surface area contributed by atoms with E-state index >= 15 is 0 Å². The number of unbranched alkanes of at least 4 members (excludes halogenated alkanes) is 2. The summed E-state index contributed by atoms with van der Waals surface area (Å²) in [5.41, 5.74) is 2.60. The lowest BCUT2D eigenvalue weighted by molar-refractivity contribution is 0.320. The molecule has 1 aliphatic carbocycles. The van der Waals surface area contributed by atoms with E-state index in [0.29, 0.717) is 5.56 Å². The molecule has 0 saturated carbocycles. The first-order valence-corrected chi connectivity index (χ1v) is 9.42. The van der Waals surface area contributed by atoms with Gasteiger partial charge >= 0.3 is 0 Å². The first-order chi connectivity index (χ1) is 11.6. The number of phenols is 2. The molecule has 0 saturated heterocycles. The predicted molar refractivity (Wildman–Crippen MR) is 101 cm³/mol. The molecule has 1 aromatic rings. The summed E-state index contributed by atoms with van der Waals surface area (Å²) in [6, 6.07) is 3.57. The van der Waals surface area contributed by atoms with Crippen LogP contribution in [0, 0.1) is 0 Å². The monoisotopic (exact) mass is 334 g/mol. The minimum absolute atomic E-state index is 0.00518. The summed E-state index contributed by atoms with van der Waals surface area (Å²) in [5.74, 6) is 0.370. The van der Waals surface area contributed by atoms with E-state index in [1.807, 2.05) is 6.08 Å². The topological polar surface area (TPSA) is 60.7 Å². The van der Waals surface area contributed by atoms with Crippen molar-refractivity contribution in [3.63, 3.8) is 0 Å². The van der Waals surface area contributed by atoms with E-state index in [1.54, 1.807) is 12.1 Å². The van der Waals surface area contributed by atoms with Crippen LogP contribution in [-0.4, -0.2) is 21.9 Å². The Morgan fingerprint density at radius 3 is 2.21 bits per heavy atom. The van der Waals surface area contributed by atoms with Crippen LogP contribution in [0.4, 0.5) is 0 Å². The lowest BCUT2D eigenvalue weighted by Gasteiger charge is -2.22. The summed E-state index contributed by atoms with van der Waals surface area (Å²) in [4.78, 5) is 0. The van der Waals surface area contributed by atoms with Gasteiger partial charge < -0.3 is 15.3 Å². The molecule has 1 aromatic carbocycles. The van der Waals surface area contributed by atoms with Crippen molar-refractivity contribution in [2.45, 2.75) is 78.1 Å². The molecule has 2 rings (SSSR count). The van der Waals surface area contributed by atoms with Gasteiger partial charge in [0.25, 0.3) is 0 Å². The van der Waals surface area contributed by atoms with E-state index in [0.717, 1.165) is 56.1 Å². The standard InChI is InChI=1S/C18H26O3.C3H8/c1-2-3-4-6-13-10-16(20)18(17(21)11-13)15-8-5-7-14(9-15)12-19;1-3-2/h9-11,15,19-21H,2-8,12H2,1H3;3H2,1-2H3. The molecule has 0 aromatic heterocycles. The van der Waals surface area contributed by atoms with Crippen molar-refractivity contribution in [1.29, 1.82) is 0 Å².